The molecule has 5 aromatic carbocycles. The predicted molar refractivity (Wildman–Crippen MR) is 163 cm³/mol. The van der Waals surface area contributed by atoms with Crippen LogP contribution in [0.1, 0.15) is 11.5 Å². The van der Waals surface area contributed by atoms with E-state index in [1.165, 1.54) is 32.4 Å². The summed E-state index contributed by atoms with van der Waals surface area (Å²) in [6, 6.07) is 34.8. The minimum atomic E-state index is 0.270. The van der Waals surface area contributed by atoms with E-state index in [1.54, 1.807) is 11.3 Å². The lowest BCUT2D eigenvalue weighted by Crippen LogP contribution is -2.28. The van der Waals surface area contributed by atoms with Crippen LogP contribution in [0.5, 0.6) is 0 Å². The highest BCUT2D eigenvalue weighted by molar-refractivity contribution is 7.22. The molecule has 7 aromatic rings. The molecule has 4 heteroatoms. The normalized spacial score (nSPS) is 18.0. The Balaban J connectivity index is 1.15. The number of thiazole rings is 1. The average molecular weight is 519 g/mol. The Morgan fingerprint density at radius 2 is 1.54 bits per heavy atom. The molecule has 1 aliphatic carbocycles. The van der Waals surface area contributed by atoms with E-state index in [4.69, 9.17) is 9.40 Å². The van der Waals surface area contributed by atoms with Gasteiger partial charge in [-0.1, -0.05) is 72.8 Å². The van der Waals surface area contributed by atoms with Crippen molar-refractivity contribution in [3.63, 3.8) is 0 Å². The number of para-hydroxylation sites is 1. The van der Waals surface area contributed by atoms with Gasteiger partial charge in [-0.05, 0) is 64.9 Å². The third kappa shape index (κ3) is 3.01. The number of rotatable bonds is 2. The van der Waals surface area contributed by atoms with Crippen LogP contribution < -0.4 is 4.90 Å². The fourth-order valence-corrected chi connectivity index (χ4v) is 7.63. The van der Waals surface area contributed by atoms with Crippen LogP contribution in [0.4, 0.5) is 11.4 Å². The van der Waals surface area contributed by atoms with Gasteiger partial charge in [0.1, 0.15) is 16.2 Å². The third-order valence-electron chi connectivity index (χ3n) is 8.23. The summed E-state index contributed by atoms with van der Waals surface area (Å²) >= 11 is 1.74. The van der Waals surface area contributed by atoms with Crippen LogP contribution in [-0.2, 0) is 0 Å². The number of allylic oxidation sites excluding steroid dienone is 2. The number of hydrogen-bond acceptors (Lipinski definition) is 4. The van der Waals surface area contributed by atoms with Gasteiger partial charge in [-0.25, -0.2) is 4.98 Å². The zero-order valence-electron chi connectivity index (χ0n) is 20.9. The smallest absolute Gasteiger partial charge is 0.137 e. The highest BCUT2D eigenvalue weighted by Crippen LogP contribution is 2.50. The number of nitrogens with zero attached hydrogens (tertiary/aromatic N) is 2. The first-order valence-electron chi connectivity index (χ1n) is 13.3. The van der Waals surface area contributed by atoms with Gasteiger partial charge in [0, 0.05) is 33.6 Å². The number of aromatic nitrogens is 1. The van der Waals surface area contributed by atoms with E-state index in [-0.39, 0.29) is 6.04 Å². The molecule has 0 N–H and O–H groups in total. The maximum Gasteiger partial charge on any atom is 0.137 e. The van der Waals surface area contributed by atoms with Gasteiger partial charge < -0.3 is 9.32 Å². The van der Waals surface area contributed by atoms with Crippen molar-refractivity contribution in [2.45, 2.75) is 12.0 Å². The summed E-state index contributed by atoms with van der Waals surface area (Å²) < 4.78 is 7.29. The molecule has 2 unspecified atom stereocenters. The van der Waals surface area contributed by atoms with Gasteiger partial charge in [0.2, 0.25) is 0 Å². The van der Waals surface area contributed by atoms with Gasteiger partial charge in [-0.2, -0.15) is 0 Å². The monoisotopic (exact) mass is 518 g/mol. The second-order valence-corrected chi connectivity index (χ2v) is 11.3. The Morgan fingerprint density at radius 3 is 2.46 bits per heavy atom. The first kappa shape index (κ1) is 21.3. The SMILES string of the molecule is C1=CC2c3c(ccc4ccccc34)N(c3ccc(-c4nc5ccc6oc7ccccc7c6c5s4)cc3)C2C=C1. The van der Waals surface area contributed by atoms with Crippen molar-refractivity contribution in [3.05, 3.63) is 127 Å². The number of anilines is 2. The topological polar surface area (TPSA) is 29.3 Å². The van der Waals surface area contributed by atoms with E-state index in [0.29, 0.717) is 5.92 Å². The molecule has 0 fully saturated rings. The fraction of sp³-hybridized carbons (Fsp3) is 0.0571. The summed E-state index contributed by atoms with van der Waals surface area (Å²) in [5.41, 5.74) is 7.90. The minimum absolute atomic E-state index is 0.270. The molecule has 0 radical (unpaired) electrons. The molecular weight excluding hydrogens is 496 g/mol. The summed E-state index contributed by atoms with van der Waals surface area (Å²) in [7, 11) is 0. The summed E-state index contributed by atoms with van der Waals surface area (Å²) in [5, 5.41) is 5.98. The van der Waals surface area contributed by atoms with E-state index in [9.17, 15) is 0 Å². The Labute approximate surface area is 228 Å². The number of fused-ring (bicyclic) bond motifs is 10. The molecule has 0 saturated heterocycles. The molecule has 2 aliphatic rings. The van der Waals surface area contributed by atoms with Gasteiger partial charge in [-0.3, -0.25) is 0 Å². The first-order chi connectivity index (χ1) is 19.3. The van der Waals surface area contributed by atoms with Crippen LogP contribution in [0, 0.1) is 0 Å². The number of hydrogen-bond donors (Lipinski definition) is 0. The lowest BCUT2D eigenvalue weighted by atomic mass is 9.88. The Kier molecular flexibility index (Phi) is 4.32. The zero-order valence-corrected chi connectivity index (χ0v) is 21.7. The summed E-state index contributed by atoms with van der Waals surface area (Å²) in [6.45, 7) is 0. The van der Waals surface area contributed by atoms with E-state index < -0.39 is 0 Å². The van der Waals surface area contributed by atoms with E-state index in [1.807, 2.05) is 18.2 Å². The van der Waals surface area contributed by atoms with Crippen molar-refractivity contribution in [2.24, 2.45) is 0 Å². The van der Waals surface area contributed by atoms with Crippen LogP contribution >= 0.6 is 11.3 Å². The number of benzene rings is 5. The molecule has 2 aromatic heterocycles. The second kappa shape index (κ2) is 7.92. The third-order valence-corrected chi connectivity index (χ3v) is 9.37. The second-order valence-electron chi connectivity index (χ2n) is 10.3. The van der Waals surface area contributed by atoms with Crippen molar-refractivity contribution in [1.29, 1.82) is 0 Å². The summed E-state index contributed by atoms with van der Waals surface area (Å²) in [4.78, 5) is 7.52. The lowest BCUT2D eigenvalue weighted by Gasteiger charge is -2.28. The maximum absolute atomic E-state index is 6.11. The fourth-order valence-electron chi connectivity index (χ4n) is 6.51. The van der Waals surface area contributed by atoms with Crippen LogP contribution in [0.15, 0.2) is 126 Å². The van der Waals surface area contributed by atoms with Gasteiger partial charge in [0.05, 0.1) is 16.3 Å². The molecule has 9 rings (SSSR count). The van der Waals surface area contributed by atoms with Crippen LogP contribution in [0.25, 0.3) is 53.5 Å². The molecule has 0 saturated carbocycles. The van der Waals surface area contributed by atoms with Gasteiger partial charge in [-0.15, -0.1) is 11.3 Å². The molecule has 184 valence electrons. The van der Waals surface area contributed by atoms with Crippen LogP contribution in [0.2, 0.25) is 0 Å². The van der Waals surface area contributed by atoms with Crippen LogP contribution in [-0.4, -0.2) is 11.0 Å². The summed E-state index contributed by atoms with van der Waals surface area (Å²) in [6.07, 6.45) is 9.05. The van der Waals surface area contributed by atoms with Crippen molar-refractivity contribution >= 4 is 65.6 Å². The van der Waals surface area contributed by atoms with Crippen molar-refractivity contribution in [1.82, 2.24) is 4.98 Å². The van der Waals surface area contributed by atoms with Crippen LogP contribution in [0.3, 0.4) is 0 Å². The largest absolute Gasteiger partial charge is 0.456 e. The Bertz CT molecular complexity index is 2150. The summed E-state index contributed by atoms with van der Waals surface area (Å²) in [5.74, 6) is 0.340. The molecular formula is C35H22N2OS. The maximum atomic E-state index is 6.11. The van der Waals surface area contributed by atoms with E-state index in [0.717, 1.165) is 38.0 Å². The molecule has 1 aliphatic heterocycles. The molecule has 0 spiro atoms. The van der Waals surface area contributed by atoms with Gasteiger partial charge in [0.25, 0.3) is 0 Å². The van der Waals surface area contributed by atoms with Crippen molar-refractivity contribution in [2.75, 3.05) is 4.90 Å². The first-order valence-corrected chi connectivity index (χ1v) is 14.1. The van der Waals surface area contributed by atoms with E-state index >= 15 is 0 Å². The standard InChI is InChI=1S/C35H22N2OS/c1-2-8-24-21(7-1)15-19-29-32(24)25-9-3-5-11-28(25)37(29)23-16-13-22(14-17-23)35-36-27-18-20-31-33(34(27)39-35)26-10-4-6-12-30(26)38-31/h1-20,25,28H. The quantitative estimate of drug-likeness (QED) is 0.228. The predicted octanol–water partition coefficient (Wildman–Crippen LogP) is 9.75. The van der Waals surface area contributed by atoms with Crippen molar-refractivity contribution in [3.8, 4) is 10.6 Å². The minimum Gasteiger partial charge on any atom is -0.456 e. The van der Waals surface area contributed by atoms with E-state index in [2.05, 4.69) is 108 Å². The van der Waals surface area contributed by atoms with Gasteiger partial charge >= 0.3 is 0 Å². The lowest BCUT2D eigenvalue weighted by molar-refractivity contribution is 0.669. The molecule has 0 amide bonds. The number of furan rings is 1. The molecule has 39 heavy (non-hydrogen) atoms. The molecule has 2 atom stereocenters. The molecule has 3 heterocycles. The Morgan fingerprint density at radius 1 is 0.718 bits per heavy atom. The van der Waals surface area contributed by atoms with Gasteiger partial charge in [0.15, 0.2) is 0 Å². The average Bonchev–Trinajstić information content (AvgIpc) is 3.68. The molecule has 0 bridgehead atoms. The Hall–Kier alpha value is -4.67. The highest BCUT2D eigenvalue weighted by atomic mass is 32.1. The zero-order chi connectivity index (χ0) is 25.5. The van der Waals surface area contributed by atoms with Crippen molar-refractivity contribution < 1.29 is 4.42 Å². The highest BCUT2D eigenvalue weighted by Gasteiger charge is 2.38. The molecule has 3 nitrogen and oxygen atoms in total.